The van der Waals surface area contributed by atoms with Gasteiger partial charge < -0.3 is 5.73 Å². The lowest BCUT2D eigenvalue weighted by atomic mass is 10.2. The van der Waals surface area contributed by atoms with Crippen molar-refractivity contribution in [1.29, 1.82) is 0 Å². The second kappa shape index (κ2) is 6.20. The first kappa shape index (κ1) is 13.4. The topological polar surface area (TPSA) is 38.9 Å². The minimum atomic E-state index is -0.245. The second-order valence-electron chi connectivity index (χ2n) is 3.90. The summed E-state index contributed by atoms with van der Waals surface area (Å²) in [7, 11) is 0. The zero-order valence-electron chi connectivity index (χ0n) is 10.1. The van der Waals surface area contributed by atoms with E-state index in [0.29, 0.717) is 5.00 Å². The van der Waals surface area contributed by atoms with E-state index in [-0.39, 0.29) is 5.82 Å². The first-order valence-electron chi connectivity index (χ1n) is 5.85. The minimum absolute atomic E-state index is 0.245. The molecule has 1 aromatic carbocycles. The Morgan fingerprint density at radius 1 is 1.33 bits per heavy atom. The van der Waals surface area contributed by atoms with E-state index in [1.807, 2.05) is 0 Å². The van der Waals surface area contributed by atoms with Gasteiger partial charge in [-0.2, -0.15) is 0 Å². The monoisotopic (exact) mass is 282 g/mol. The quantitative estimate of drug-likeness (QED) is 0.651. The molecule has 0 aliphatic rings. The summed E-state index contributed by atoms with van der Waals surface area (Å²) in [6.45, 7) is 2.17. The maximum Gasteiger partial charge on any atom is 0.152 e. The Morgan fingerprint density at radius 3 is 2.72 bits per heavy atom. The number of thiazole rings is 1. The third kappa shape index (κ3) is 3.23. The Morgan fingerprint density at radius 2 is 2.06 bits per heavy atom. The molecule has 0 saturated carbocycles. The summed E-state index contributed by atoms with van der Waals surface area (Å²) in [6.07, 6.45) is 2.36. The highest BCUT2D eigenvalue weighted by Gasteiger charge is 2.10. The smallest absolute Gasteiger partial charge is 0.152 e. The number of nitrogens with zero attached hydrogens (tertiary/aromatic N) is 1. The first-order chi connectivity index (χ1) is 8.70. The van der Waals surface area contributed by atoms with E-state index in [0.717, 1.165) is 21.3 Å². The highest BCUT2D eigenvalue weighted by molar-refractivity contribution is 8.01. The average molecular weight is 282 g/mol. The van der Waals surface area contributed by atoms with E-state index in [2.05, 4.69) is 11.9 Å². The van der Waals surface area contributed by atoms with E-state index in [9.17, 15) is 4.39 Å². The molecule has 0 aliphatic carbocycles. The Kier molecular flexibility index (Phi) is 4.60. The molecular formula is C13H15FN2S2. The molecule has 96 valence electrons. The highest BCUT2D eigenvalue weighted by Crippen LogP contribution is 2.35. The van der Waals surface area contributed by atoms with Crippen molar-refractivity contribution in [1.82, 2.24) is 4.98 Å². The Bertz CT molecular complexity index is 508. The number of unbranched alkanes of at least 4 members (excludes halogenated alkanes) is 1. The van der Waals surface area contributed by atoms with Crippen LogP contribution in [0.25, 0.3) is 11.3 Å². The van der Waals surface area contributed by atoms with Crippen LogP contribution in [0.5, 0.6) is 0 Å². The summed E-state index contributed by atoms with van der Waals surface area (Å²) in [5, 5.41) is 0.695. The zero-order valence-corrected chi connectivity index (χ0v) is 11.8. The molecule has 5 heteroatoms. The molecule has 2 N–H and O–H groups in total. The fraction of sp³-hybridized carbons (Fsp3) is 0.308. The molecule has 0 fully saturated rings. The summed E-state index contributed by atoms with van der Waals surface area (Å²) in [6, 6.07) is 6.28. The zero-order chi connectivity index (χ0) is 13.0. The SMILES string of the molecule is CCCCSc1nc(-c2ccc(F)cc2)c(N)s1. The lowest BCUT2D eigenvalue weighted by molar-refractivity contribution is 0.628. The van der Waals surface area contributed by atoms with Gasteiger partial charge in [0, 0.05) is 11.3 Å². The van der Waals surface area contributed by atoms with Crippen LogP contribution in [0.1, 0.15) is 19.8 Å². The molecule has 2 aromatic rings. The van der Waals surface area contributed by atoms with Crippen molar-refractivity contribution in [3.05, 3.63) is 30.1 Å². The van der Waals surface area contributed by atoms with Gasteiger partial charge in [0.05, 0.1) is 0 Å². The number of rotatable bonds is 5. The van der Waals surface area contributed by atoms with E-state index in [1.165, 1.54) is 36.3 Å². The molecule has 0 amide bonds. The third-order valence-electron chi connectivity index (χ3n) is 2.47. The molecule has 1 heterocycles. The predicted molar refractivity (Wildman–Crippen MR) is 77.6 cm³/mol. The molecule has 2 nitrogen and oxygen atoms in total. The number of thioether (sulfide) groups is 1. The molecule has 2 rings (SSSR count). The van der Waals surface area contributed by atoms with Crippen LogP contribution in [0.2, 0.25) is 0 Å². The Balaban J connectivity index is 2.16. The van der Waals surface area contributed by atoms with Crippen LogP contribution in [0.4, 0.5) is 9.39 Å². The number of benzene rings is 1. The second-order valence-corrected chi connectivity index (χ2v) is 6.27. The van der Waals surface area contributed by atoms with Gasteiger partial charge in [-0.25, -0.2) is 9.37 Å². The summed E-state index contributed by atoms with van der Waals surface area (Å²) in [5.41, 5.74) is 7.60. The standard InChI is InChI=1S/C13H15FN2S2/c1-2-3-8-17-13-16-11(12(15)18-13)9-4-6-10(14)7-5-9/h4-7H,2-3,8,15H2,1H3. The van der Waals surface area contributed by atoms with Crippen LogP contribution < -0.4 is 5.73 Å². The molecule has 0 aliphatic heterocycles. The van der Waals surface area contributed by atoms with Gasteiger partial charge in [0.2, 0.25) is 0 Å². The third-order valence-corrected chi connectivity index (χ3v) is 4.59. The van der Waals surface area contributed by atoms with Gasteiger partial charge in [0.1, 0.15) is 16.5 Å². The number of anilines is 1. The summed E-state index contributed by atoms with van der Waals surface area (Å²) >= 11 is 3.23. The van der Waals surface area contributed by atoms with Crippen molar-refractivity contribution in [3.63, 3.8) is 0 Å². The number of hydrogen-bond donors (Lipinski definition) is 1. The summed E-state index contributed by atoms with van der Waals surface area (Å²) in [5.74, 6) is 0.817. The molecule has 0 unspecified atom stereocenters. The molecule has 0 saturated heterocycles. The van der Waals surface area contributed by atoms with Gasteiger partial charge in [-0.1, -0.05) is 36.4 Å². The first-order valence-corrected chi connectivity index (χ1v) is 7.66. The highest BCUT2D eigenvalue weighted by atomic mass is 32.2. The summed E-state index contributed by atoms with van der Waals surface area (Å²) in [4.78, 5) is 4.52. The van der Waals surface area contributed by atoms with E-state index < -0.39 is 0 Å². The van der Waals surface area contributed by atoms with Crippen LogP contribution in [0.15, 0.2) is 28.6 Å². The van der Waals surface area contributed by atoms with Gasteiger partial charge in [0.15, 0.2) is 4.34 Å². The normalized spacial score (nSPS) is 10.8. The van der Waals surface area contributed by atoms with Crippen LogP contribution in [-0.4, -0.2) is 10.7 Å². The lowest BCUT2D eigenvalue weighted by Crippen LogP contribution is -1.86. The van der Waals surface area contributed by atoms with E-state index >= 15 is 0 Å². The van der Waals surface area contributed by atoms with Gasteiger partial charge in [-0.05, 0) is 30.7 Å². The van der Waals surface area contributed by atoms with Crippen molar-refractivity contribution in [2.45, 2.75) is 24.1 Å². The largest absolute Gasteiger partial charge is 0.389 e. The van der Waals surface area contributed by atoms with E-state index in [4.69, 9.17) is 5.73 Å². The molecule has 0 radical (unpaired) electrons. The van der Waals surface area contributed by atoms with Crippen molar-refractivity contribution in [2.75, 3.05) is 11.5 Å². The van der Waals surface area contributed by atoms with Crippen LogP contribution in [-0.2, 0) is 0 Å². The molecule has 0 bridgehead atoms. The van der Waals surface area contributed by atoms with Crippen LogP contribution in [0, 0.1) is 5.82 Å². The molecule has 1 aromatic heterocycles. The molecule has 0 atom stereocenters. The fourth-order valence-electron chi connectivity index (χ4n) is 1.49. The molecular weight excluding hydrogens is 267 g/mol. The van der Waals surface area contributed by atoms with Crippen molar-refractivity contribution >= 4 is 28.1 Å². The number of hydrogen-bond acceptors (Lipinski definition) is 4. The van der Waals surface area contributed by atoms with Crippen molar-refractivity contribution in [3.8, 4) is 11.3 Å². The molecule has 0 spiro atoms. The van der Waals surface area contributed by atoms with Gasteiger partial charge in [-0.3, -0.25) is 0 Å². The van der Waals surface area contributed by atoms with Gasteiger partial charge >= 0.3 is 0 Å². The number of nitrogens with two attached hydrogens (primary N) is 1. The Hall–Kier alpha value is -1.07. The van der Waals surface area contributed by atoms with Crippen molar-refractivity contribution in [2.24, 2.45) is 0 Å². The minimum Gasteiger partial charge on any atom is -0.389 e. The number of halogens is 1. The lowest BCUT2D eigenvalue weighted by Gasteiger charge is -1.97. The number of aromatic nitrogens is 1. The maximum atomic E-state index is 12.9. The van der Waals surface area contributed by atoms with Gasteiger partial charge in [-0.15, -0.1) is 0 Å². The predicted octanol–water partition coefficient (Wildman–Crippen LogP) is 4.42. The number of nitrogen functional groups attached to an aromatic ring is 1. The average Bonchev–Trinajstić information content (AvgIpc) is 2.72. The maximum absolute atomic E-state index is 12.9. The molecule has 18 heavy (non-hydrogen) atoms. The van der Waals surface area contributed by atoms with Gasteiger partial charge in [0.25, 0.3) is 0 Å². The van der Waals surface area contributed by atoms with E-state index in [1.54, 1.807) is 23.9 Å². The fourth-order valence-corrected chi connectivity index (χ4v) is 3.60. The Labute approximate surface area is 114 Å². The van der Waals surface area contributed by atoms with Crippen LogP contribution >= 0.6 is 23.1 Å². The van der Waals surface area contributed by atoms with Crippen LogP contribution in [0.3, 0.4) is 0 Å². The summed E-state index contributed by atoms with van der Waals surface area (Å²) < 4.78 is 13.8. The van der Waals surface area contributed by atoms with Crippen molar-refractivity contribution < 1.29 is 4.39 Å².